The Kier molecular flexibility index (Phi) is 4.18. The molecule has 1 unspecified atom stereocenters. The minimum absolute atomic E-state index is 0.0520. The third-order valence-corrected chi connectivity index (χ3v) is 3.89. The van der Waals surface area contributed by atoms with Crippen molar-refractivity contribution in [1.82, 2.24) is 4.90 Å². The quantitative estimate of drug-likeness (QED) is 0.878. The predicted molar refractivity (Wildman–Crippen MR) is 73.5 cm³/mol. The summed E-state index contributed by atoms with van der Waals surface area (Å²) in [6.07, 6.45) is 0.742. The number of amides is 1. The van der Waals surface area contributed by atoms with Crippen molar-refractivity contribution in [2.24, 2.45) is 11.1 Å². The van der Waals surface area contributed by atoms with Crippen molar-refractivity contribution in [3.63, 3.8) is 0 Å². The number of ketones is 1. The highest BCUT2D eigenvalue weighted by Gasteiger charge is 2.39. The summed E-state index contributed by atoms with van der Waals surface area (Å²) in [5.41, 5.74) is 5.22. The lowest BCUT2D eigenvalue weighted by atomic mass is 9.89. The summed E-state index contributed by atoms with van der Waals surface area (Å²) in [4.78, 5) is 25.2. The Balaban J connectivity index is 1.91. The SMILES string of the molecule is CC1(C(N)=O)CCN(CC(=O)Cc2ccccc2F)C1. The number of nitrogens with zero attached hydrogens (tertiary/aromatic N) is 1. The van der Waals surface area contributed by atoms with E-state index in [9.17, 15) is 14.0 Å². The maximum absolute atomic E-state index is 13.5. The maximum atomic E-state index is 13.5. The first-order chi connectivity index (χ1) is 9.40. The maximum Gasteiger partial charge on any atom is 0.224 e. The van der Waals surface area contributed by atoms with Gasteiger partial charge in [-0.15, -0.1) is 0 Å². The Morgan fingerprint density at radius 1 is 1.40 bits per heavy atom. The molecule has 1 aliphatic heterocycles. The molecule has 1 fully saturated rings. The molecule has 1 aliphatic rings. The monoisotopic (exact) mass is 278 g/mol. The number of nitrogens with two attached hydrogens (primary N) is 1. The van der Waals surface area contributed by atoms with Gasteiger partial charge in [0.1, 0.15) is 5.82 Å². The van der Waals surface area contributed by atoms with Crippen molar-refractivity contribution in [3.8, 4) is 0 Å². The molecule has 0 radical (unpaired) electrons. The van der Waals surface area contributed by atoms with E-state index in [0.29, 0.717) is 25.1 Å². The van der Waals surface area contributed by atoms with Crippen LogP contribution in [0.1, 0.15) is 18.9 Å². The number of hydrogen-bond acceptors (Lipinski definition) is 3. The van der Waals surface area contributed by atoms with E-state index in [1.165, 1.54) is 6.07 Å². The van der Waals surface area contributed by atoms with E-state index in [1.54, 1.807) is 18.2 Å². The van der Waals surface area contributed by atoms with Crippen LogP contribution in [0, 0.1) is 11.2 Å². The second kappa shape index (κ2) is 5.71. The Morgan fingerprint density at radius 3 is 2.70 bits per heavy atom. The fourth-order valence-electron chi connectivity index (χ4n) is 2.55. The summed E-state index contributed by atoms with van der Waals surface area (Å²) in [6.45, 7) is 3.21. The van der Waals surface area contributed by atoms with Crippen LogP contribution in [0.25, 0.3) is 0 Å². The predicted octanol–water partition coefficient (Wildman–Crippen LogP) is 1.13. The molecule has 1 amide bonds. The third kappa shape index (κ3) is 3.22. The molecule has 5 heteroatoms. The van der Waals surface area contributed by atoms with Gasteiger partial charge in [-0.05, 0) is 31.5 Å². The van der Waals surface area contributed by atoms with Crippen LogP contribution in [0.4, 0.5) is 4.39 Å². The zero-order valence-electron chi connectivity index (χ0n) is 11.6. The van der Waals surface area contributed by atoms with Gasteiger partial charge in [0.2, 0.25) is 5.91 Å². The zero-order chi connectivity index (χ0) is 14.8. The van der Waals surface area contributed by atoms with Crippen LogP contribution < -0.4 is 5.73 Å². The zero-order valence-corrected chi connectivity index (χ0v) is 11.6. The van der Waals surface area contributed by atoms with Gasteiger partial charge in [0.15, 0.2) is 5.78 Å². The standard InChI is InChI=1S/C15H19FN2O2/c1-15(14(17)20)6-7-18(10-15)9-12(19)8-11-4-2-3-5-13(11)16/h2-5H,6-10H2,1H3,(H2,17,20). The molecule has 1 saturated heterocycles. The molecule has 1 aromatic carbocycles. The van der Waals surface area contributed by atoms with Gasteiger partial charge in [-0.2, -0.15) is 0 Å². The second-order valence-corrected chi connectivity index (χ2v) is 5.69. The van der Waals surface area contributed by atoms with E-state index in [2.05, 4.69) is 0 Å². The fraction of sp³-hybridized carbons (Fsp3) is 0.467. The van der Waals surface area contributed by atoms with Gasteiger partial charge in [0, 0.05) is 13.0 Å². The number of carbonyl (C=O) groups excluding carboxylic acids is 2. The fourth-order valence-corrected chi connectivity index (χ4v) is 2.55. The molecular formula is C15H19FN2O2. The smallest absolute Gasteiger partial charge is 0.224 e. The van der Waals surface area contributed by atoms with Crippen molar-refractivity contribution in [2.45, 2.75) is 19.8 Å². The highest BCUT2D eigenvalue weighted by atomic mass is 19.1. The number of Topliss-reactive ketones (excluding diaryl/α,β-unsaturated/α-hetero) is 1. The van der Waals surface area contributed by atoms with Crippen LogP contribution in [-0.2, 0) is 16.0 Å². The summed E-state index contributed by atoms with van der Waals surface area (Å²) in [6, 6.07) is 6.28. The van der Waals surface area contributed by atoms with E-state index in [0.717, 1.165) is 0 Å². The van der Waals surface area contributed by atoms with E-state index < -0.39 is 5.41 Å². The van der Waals surface area contributed by atoms with Crippen molar-refractivity contribution < 1.29 is 14.0 Å². The van der Waals surface area contributed by atoms with Gasteiger partial charge in [0.05, 0.1) is 12.0 Å². The summed E-state index contributed by atoms with van der Waals surface area (Å²) in [5, 5.41) is 0. The molecule has 20 heavy (non-hydrogen) atoms. The van der Waals surface area contributed by atoms with Crippen LogP contribution in [0.3, 0.4) is 0 Å². The normalized spacial score (nSPS) is 22.9. The van der Waals surface area contributed by atoms with Crippen molar-refractivity contribution in [2.75, 3.05) is 19.6 Å². The van der Waals surface area contributed by atoms with Gasteiger partial charge in [-0.25, -0.2) is 4.39 Å². The molecule has 1 atom stereocenters. The van der Waals surface area contributed by atoms with E-state index in [4.69, 9.17) is 5.73 Å². The first-order valence-corrected chi connectivity index (χ1v) is 6.68. The van der Waals surface area contributed by atoms with Gasteiger partial charge < -0.3 is 5.73 Å². The lowest BCUT2D eigenvalue weighted by Crippen LogP contribution is -2.38. The highest BCUT2D eigenvalue weighted by Crippen LogP contribution is 2.29. The topological polar surface area (TPSA) is 63.4 Å². The molecular weight excluding hydrogens is 259 g/mol. The number of rotatable bonds is 5. The molecule has 0 spiro atoms. The summed E-state index contributed by atoms with van der Waals surface area (Å²) >= 11 is 0. The summed E-state index contributed by atoms with van der Waals surface area (Å²) in [5.74, 6) is -0.741. The number of likely N-dealkylation sites (tertiary alicyclic amines) is 1. The van der Waals surface area contributed by atoms with Crippen LogP contribution >= 0.6 is 0 Å². The molecule has 2 rings (SSSR count). The largest absolute Gasteiger partial charge is 0.369 e. The van der Waals surface area contributed by atoms with Crippen molar-refractivity contribution in [1.29, 1.82) is 0 Å². The van der Waals surface area contributed by atoms with Gasteiger partial charge in [0.25, 0.3) is 0 Å². The average Bonchev–Trinajstić information content (AvgIpc) is 2.75. The van der Waals surface area contributed by atoms with Gasteiger partial charge >= 0.3 is 0 Å². The van der Waals surface area contributed by atoms with E-state index >= 15 is 0 Å². The minimum atomic E-state index is -0.557. The molecule has 1 aromatic rings. The van der Waals surface area contributed by atoms with Gasteiger partial charge in [-0.3, -0.25) is 14.5 Å². The molecule has 4 nitrogen and oxygen atoms in total. The summed E-state index contributed by atoms with van der Waals surface area (Å²) < 4.78 is 13.5. The number of halogens is 1. The van der Waals surface area contributed by atoms with Crippen LogP contribution in [0.15, 0.2) is 24.3 Å². The Hall–Kier alpha value is -1.75. The molecule has 0 aromatic heterocycles. The molecule has 0 saturated carbocycles. The van der Waals surface area contributed by atoms with Gasteiger partial charge in [-0.1, -0.05) is 18.2 Å². The highest BCUT2D eigenvalue weighted by molar-refractivity contribution is 5.84. The number of benzene rings is 1. The first kappa shape index (κ1) is 14.7. The lowest BCUT2D eigenvalue weighted by molar-refractivity contribution is -0.126. The molecule has 108 valence electrons. The van der Waals surface area contributed by atoms with Crippen molar-refractivity contribution in [3.05, 3.63) is 35.6 Å². The van der Waals surface area contributed by atoms with Crippen LogP contribution in [0.2, 0.25) is 0 Å². The second-order valence-electron chi connectivity index (χ2n) is 5.69. The van der Waals surface area contributed by atoms with Crippen LogP contribution in [-0.4, -0.2) is 36.2 Å². The Bertz CT molecular complexity index is 532. The third-order valence-electron chi connectivity index (χ3n) is 3.89. The molecule has 0 aliphatic carbocycles. The number of primary amides is 1. The Labute approximate surface area is 117 Å². The number of carbonyl (C=O) groups is 2. The molecule has 0 bridgehead atoms. The van der Waals surface area contributed by atoms with Crippen molar-refractivity contribution >= 4 is 11.7 Å². The lowest BCUT2D eigenvalue weighted by Gasteiger charge is -2.20. The first-order valence-electron chi connectivity index (χ1n) is 6.68. The average molecular weight is 278 g/mol. The number of hydrogen-bond donors (Lipinski definition) is 1. The van der Waals surface area contributed by atoms with E-state index in [-0.39, 0.29) is 30.5 Å². The van der Waals surface area contributed by atoms with E-state index in [1.807, 2.05) is 11.8 Å². The molecule has 2 N–H and O–H groups in total. The Morgan fingerprint density at radius 2 is 2.10 bits per heavy atom. The minimum Gasteiger partial charge on any atom is -0.369 e. The molecule has 1 heterocycles. The summed E-state index contributed by atoms with van der Waals surface area (Å²) in [7, 11) is 0. The van der Waals surface area contributed by atoms with Crippen LogP contribution in [0.5, 0.6) is 0 Å².